The number of carbonyl (C=O) groups excluding carboxylic acids is 1. The van der Waals surface area contributed by atoms with Crippen LogP contribution in [0.4, 0.5) is 5.69 Å². The lowest BCUT2D eigenvalue weighted by molar-refractivity contribution is -0.118. The highest BCUT2D eigenvalue weighted by Gasteiger charge is 2.33. The minimum atomic E-state index is 0.0505. The van der Waals surface area contributed by atoms with Crippen molar-refractivity contribution in [1.82, 2.24) is 4.90 Å². The van der Waals surface area contributed by atoms with Gasteiger partial charge < -0.3 is 11.1 Å². The maximum Gasteiger partial charge on any atom is 0.238 e. The maximum atomic E-state index is 12.2. The van der Waals surface area contributed by atoms with Crippen molar-refractivity contribution in [2.75, 3.05) is 25.0 Å². The fraction of sp³-hybridized carbons (Fsp3) is 0.588. The van der Waals surface area contributed by atoms with E-state index in [2.05, 4.69) is 37.1 Å². The molecule has 1 saturated heterocycles. The molecular formula is C17H27N3O. The molecule has 0 aliphatic carbocycles. The van der Waals surface area contributed by atoms with E-state index in [4.69, 9.17) is 5.73 Å². The predicted molar refractivity (Wildman–Crippen MR) is 87.3 cm³/mol. The average molecular weight is 289 g/mol. The van der Waals surface area contributed by atoms with Crippen LogP contribution in [0.5, 0.6) is 0 Å². The van der Waals surface area contributed by atoms with Gasteiger partial charge in [-0.05, 0) is 36.0 Å². The van der Waals surface area contributed by atoms with Crippen molar-refractivity contribution in [3.63, 3.8) is 0 Å². The number of nitrogens with zero attached hydrogens (tertiary/aromatic N) is 1. The van der Waals surface area contributed by atoms with E-state index in [0.717, 1.165) is 31.6 Å². The van der Waals surface area contributed by atoms with Crippen LogP contribution in [0, 0.1) is 5.41 Å². The van der Waals surface area contributed by atoms with Gasteiger partial charge in [0.05, 0.1) is 6.54 Å². The van der Waals surface area contributed by atoms with E-state index in [9.17, 15) is 4.79 Å². The summed E-state index contributed by atoms with van der Waals surface area (Å²) in [6.07, 6.45) is 1.92. The standard InChI is InChI=1S/C17H27N3O/c1-4-13-6-5-7-14(10-13)19-16(21)11-20-9-8-15(18)17(2,3)12-20/h5-7,10,15H,4,8-9,11-12,18H2,1-3H3,(H,19,21). The zero-order valence-corrected chi connectivity index (χ0v) is 13.4. The predicted octanol–water partition coefficient (Wildman–Crippen LogP) is 2.25. The molecule has 0 radical (unpaired) electrons. The van der Waals surface area contributed by atoms with Crippen LogP contribution in [0.25, 0.3) is 0 Å². The topological polar surface area (TPSA) is 58.4 Å². The second kappa shape index (κ2) is 6.58. The van der Waals surface area contributed by atoms with Crippen LogP contribution in [-0.2, 0) is 11.2 Å². The van der Waals surface area contributed by atoms with Crippen molar-refractivity contribution in [1.29, 1.82) is 0 Å². The molecule has 2 rings (SSSR count). The highest BCUT2D eigenvalue weighted by molar-refractivity contribution is 5.92. The SMILES string of the molecule is CCc1cccc(NC(=O)CN2CCC(N)C(C)(C)C2)c1. The largest absolute Gasteiger partial charge is 0.327 e. The molecule has 1 amide bonds. The number of rotatable bonds is 4. The minimum Gasteiger partial charge on any atom is -0.327 e. The first-order chi connectivity index (χ1) is 9.90. The van der Waals surface area contributed by atoms with E-state index in [1.54, 1.807) is 0 Å². The number of piperidine rings is 1. The fourth-order valence-electron chi connectivity index (χ4n) is 2.89. The Bertz CT molecular complexity index is 499. The summed E-state index contributed by atoms with van der Waals surface area (Å²) in [6.45, 7) is 8.66. The van der Waals surface area contributed by atoms with Crippen molar-refractivity contribution >= 4 is 11.6 Å². The van der Waals surface area contributed by atoms with Crippen molar-refractivity contribution in [2.24, 2.45) is 11.1 Å². The number of nitrogens with two attached hydrogens (primary N) is 1. The Morgan fingerprint density at radius 2 is 2.24 bits per heavy atom. The number of hydrogen-bond donors (Lipinski definition) is 2. The Hall–Kier alpha value is -1.39. The summed E-state index contributed by atoms with van der Waals surface area (Å²) in [6, 6.07) is 8.25. The van der Waals surface area contributed by atoms with Gasteiger partial charge in [-0.1, -0.05) is 32.9 Å². The summed E-state index contributed by atoms with van der Waals surface area (Å²) >= 11 is 0. The molecule has 0 saturated carbocycles. The van der Waals surface area contributed by atoms with Crippen molar-refractivity contribution in [3.05, 3.63) is 29.8 Å². The monoisotopic (exact) mass is 289 g/mol. The van der Waals surface area contributed by atoms with Gasteiger partial charge in [0.15, 0.2) is 0 Å². The Kier molecular flexibility index (Phi) is 5.01. The van der Waals surface area contributed by atoms with E-state index in [0.29, 0.717) is 6.54 Å². The molecule has 1 atom stereocenters. The molecule has 21 heavy (non-hydrogen) atoms. The second-order valence-electron chi connectivity index (χ2n) is 6.70. The third kappa shape index (κ3) is 4.29. The Morgan fingerprint density at radius 1 is 1.48 bits per heavy atom. The number of hydrogen-bond acceptors (Lipinski definition) is 3. The zero-order chi connectivity index (χ0) is 15.5. The number of nitrogens with one attached hydrogen (secondary N) is 1. The van der Waals surface area contributed by atoms with Gasteiger partial charge in [-0.3, -0.25) is 9.69 Å². The van der Waals surface area contributed by atoms with Crippen LogP contribution in [0.2, 0.25) is 0 Å². The van der Waals surface area contributed by atoms with Crippen LogP contribution >= 0.6 is 0 Å². The molecule has 3 N–H and O–H groups in total. The highest BCUT2D eigenvalue weighted by Crippen LogP contribution is 2.27. The second-order valence-corrected chi connectivity index (χ2v) is 6.70. The molecule has 116 valence electrons. The summed E-state index contributed by atoms with van der Waals surface area (Å²) in [7, 11) is 0. The molecule has 1 unspecified atom stereocenters. The molecule has 0 aromatic heterocycles. The van der Waals surface area contributed by atoms with Gasteiger partial charge in [0.25, 0.3) is 0 Å². The van der Waals surface area contributed by atoms with Gasteiger partial charge >= 0.3 is 0 Å². The van der Waals surface area contributed by atoms with Crippen LogP contribution in [0.3, 0.4) is 0 Å². The lowest BCUT2D eigenvalue weighted by Crippen LogP contribution is -2.53. The molecule has 4 heteroatoms. The third-order valence-electron chi connectivity index (χ3n) is 4.38. The van der Waals surface area contributed by atoms with E-state index in [-0.39, 0.29) is 17.4 Å². The van der Waals surface area contributed by atoms with Crippen molar-refractivity contribution in [3.8, 4) is 0 Å². The summed E-state index contributed by atoms with van der Waals surface area (Å²) in [5.74, 6) is 0.0505. The third-order valence-corrected chi connectivity index (χ3v) is 4.38. The normalized spacial score (nSPS) is 22.0. The average Bonchev–Trinajstić information content (AvgIpc) is 2.42. The molecule has 1 aliphatic rings. The first-order valence-corrected chi connectivity index (χ1v) is 7.77. The molecule has 1 fully saturated rings. The number of amides is 1. The van der Waals surface area contributed by atoms with Crippen LogP contribution in [0.15, 0.2) is 24.3 Å². The van der Waals surface area contributed by atoms with E-state index < -0.39 is 0 Å². The van der Waals surface area contributed by atoms with Crippen LogP contribution in [0.1, 0.15) is 32.8 Å². The Balaban J connectivity index is 1.90. The van der Waals surface area contributed by atoms with E-state index in [1.165, 1.54) is 5.56 Å². The van der Waals surface area contributed by atoms with Crippen molar-refractivity contribution in [2.45, 2.75) is 39.7 Å². The van der Waals surface area contributed by atoms with E-state index >= 15 is 0 Å². The quantitative estimate of drug-likeness (QED) is 0.894. The maximum absolute atomic E-state index is 12.2. The number of aryl methyl sites for hydroxylation is 1. The van der Waals surface area contributed by atoms with Gasteiger partial charge in [-0.15, -0.1) is 0 Å². The molecule has 0 spiro atoms. The summed E-state index contributed by atoms with van der Waals surface area (Å²) < 4.78 is 0. The molecule has 4 nitrogen and oxygen atoms in total. The molecule has 0 bridgehead atoms. The molecule has 1 aromatic rings. The molecule has 1 heterocycles. The summed E-state index contributed by atoms with van der Waals surface area (Å²) in [5.41, 5.74) is 8.32. The molecule has 1 aromatic carbocycles. The molecule has 1 aliphatic heterocycles. The summed E-state index contributed by atoms with van der Waals surface area (Å²) in [4.78, 5) is 14.4. The first kappa shape index (κ1) is 16.0. The minimum absolute atomic E-state index is 0.0505. The van der Waals surface area contributed by atoms with Crippen LogP contribution < -0.4 is 11.1 Å². The fourth-order valence-corrected chi connectivity index (χ4v) is 2.89. The number of benzene rings is 1. The lowest BCUT2D eigenvalue weighted by Gasteiger charge is -2.42. The highest BCUT2D eigenvalue weighted by atomic mass is 16.2. The smallest absolute Gasteiger partial charge is 0.238 e. The van der Waals surface area contributed by atoms with Crippen molar-refractivity contribution < 1.29 is 4.79 Å². The van der Waals surface area contributed by atoms with Gasteiger partial charge in [0.1, 0.15) is 0 Å². The van der Waals surface area contributed by atoms with Gasteiger partial charge in [0, 0.05) is 24.8 Å². The Morgan fingerprint density at radius 3 is 2.90 bits per heavy atom. The summed E-state index contributed by atoms with van der Waals surface area (Å²) in [5, 5.41) is 2.99. The van der Waals surface area contributed by atoms with Gasteiger partial charge in [-0.25, -0.2) is 0 Å². The van der Waals surface area contributed by atoms with E-state index in [1.807, 2.05) is 18.2 Å². The number of carbonyl (C=O) groups is 1. The first-order valence-electron chi connectivity index (χ1n) is 7.77. The van der Waals surface area contributed by atoms with Gasteiger partial charge in [-0.2, -0.15) is 0 Å². The Labute approximate surface area is 127 Å². The lowest BCUT2D eigenvalue weighted by atomic mass is 9.80. The zero-order valence-electron chi connectivity index (χ0n) is 13.4. The number of likely N-dealkylation sites (tertiary alicyclic amines) is 1. The van der Waals surface area contributed by atoms with Crippen LogP contribution in [-0.4, -0.2) is 36.5 Å². The number of anilines is 1. The van der Waals surface area contributed by atoms with Gasteiger partial charge in [0.2, 0.25) is 5.91 Å². The molecular weight excluding hydrogens is 262 g/mol.